The molecule has 3 nitrogen and oxygen atoms in total. The molecule has 0 N–H and O–H groups in total. The van der Waals surface area contributed by atoms with E-state index in [0.717, 1.165) is 42.5 Å². The summed E-state index contributed by atoms with van der Waals surface area (Å²) in [4.78, 5) is 16.3. The van der Waals surface area contributed by atoms with E-state index in [1.807, 2.05) is 45.4 Å². The second kappa shape index (κ2) is 8.53. The fourth-order valence-corrected chi connectivity index (χ4v) is 2.29. The normalized spacial score (nSPS) is 11.3. The monoisotopic (exact) mass is 344 g/mol. The molecule has 0 spiro atoms. The fraction of sp³-hybridized carbons (Fsp3) is 0.250. The lowest BCUT2D eigenvalue weighted by Crippen LogP contribution is -2.28. The summed E-state index contributed by atoms with van der Waals surface area (Å²) >= 11 is 0. The molecule has 0 aliphatic carbocycles. The Morgan fingerprint density at radius 3 is 2.52 bits per heavy atom. The molecule has 0 amide bonds. The highest BCUT2D eigenvalue weighted by atomic mass is 19.1. The maximum Gasteiger partial charge on any atom is 0.188 e. The number of benzene rings is 2. The number of halogens is 2. The van der Waals surface area contributed by atoms with Crippen molar-refractivity contribution in [1.82, 2.24) is 4.90 Å². The molecule has 0 aromatic heterocycles. The summed E-state index contributed by atoms with van der Waals surface area (Å²) in [6, 6.07) is 10.5. The van der Waals surface area contributed by atoms with E-state index in [-0.39, 0.29) is 5.56 Å². The second-order valence-electron chi connectivity index (χ2n) is 6.14. The molecular formula is C20H22F2N2O. The van der Waals surface area contributed by atoms with Crippen LogP contribution < -0.4 is 4.90 Å². The van der Waals surface area contributed by atoms with Crippen LogP contribution in [0.25, 0.3) is 6.08 Å². The Bertz CT molecular complexity index is 772. The van der Waals surface area contributed by atoms with Crippen LogP contribution in [-0.2, 0) is 0 Å². The lowest BCUT2D eigenvalue weighted by atomic mass is 10.1. The van der Waals surface area contributed by atoms with Gasteiger partial charge in [0.2, 0.25) is 0 Å². The molecule has 0 fully saturated rings. The molecule has 0 aliphatic heterocycles. The van der Waals surface area contributed by atoms with Gasteiger partial charge in [0.05, 0.1) is 5.56 Å². The number of anilines is 1. The molecule has 25 heavy (non-hydrogen) atoms. The molecule has 0 radical (unpaired) electrons. The summed E-state index contributed by atoms with van der Waals surface area (Å²) in [7, 11) is 6.04. The number of allylic oxidation sites excluding steroid dienone is 1. The van der Waals surface area contributed by atoms with Gasteiger partial charge in [-0.25, -0.2) is 8.78 Å². The van der Waals surface area contributed by atoms with Crippen LogP contribution in [0.3, 0.4) is 0 Å². The molecule has 0 bridgehead atoms. The molecule has 132 valence electrons. The first-order valence-corrected chi connectivity index (χ1v) is 8.00. The van der Waals surface area contributed by atoms with Crippen molar-refractivity contribution in [3.63, 3.8) is 0 Å². The quantitative estimate of drug-likeness (QED) is 0.563. The van der Waals surface area contributed by atoms with Crippen LogP contribution in [-0.4, -0.2) is 44.9 Å². The fourth-order valence-electron chi connectivity index (χ4n) is 2.29. The van der Waals surface area contributed by atoms with E-state index < -0.39 is 17.4 Å². The molecule has 0 unspecified atom stereocenters. The third-order valence-electron chi connectivity index (χ3n) is 3.81. The zero-order valence-electron chi connectivity index (χ0n) is 14.7. The van der Waals surface area contributed by atoms with Crippen LogP contribution in [0.1, 0.15) is 15.9 Å². The minimum Gasteiger partial charge on any atom is -0.373 e. The Balaban J connectivity index is 2.12. The van der Waals surface area contributed by atoms with Gasteiger partial charge in [-0.3, -0.25) is 4.79 Å². The number of rotatable bonds is 7. The van der Waals surface area contributed by atoms with Gasteiger partial charge in [0.25, 0.3) is 0 Å². The molecule has 5 heteroatoms. The predicted octanol–water partition coefficient (Wildman–Crippen LogP) is 3.86. The maximum absolute atomic E-state index is 13.6. The van der Waals surface area contributed by atoms with Crippen molar-refractivity contribution < 1.29 is 13.6 Å². The summed E-state index contributed by atoms with van der Waals surface area (Å²) in [5, 5.41) is 0. The molecule has 0 heterocycles. The van der Waals surface area contributed by atoms with Crippen LogP contribution in [0.15, 0.2) is 48.5 Å². The summed E-state index contributed by atoms with van der Waals surface area (Å²) in [5.41, 5.74) is 1.57. The van der Waals surface area contributed by atoms with Crippen molar-refractivity contribution in [1.29, 1.82) is 0 Å². The van der Waals surface area contributed by atoms with Gasteiger partial charge in [-0.2, -0.15) is 0 Å². The van der Waals surface area contributed by atoms with Gasteiger partial charge in [-0.1, -0.05) is 18.2 Å². The van der Waals surface area contributed by atoms with Crippen LogP contribution in [0.4, 0.5) is 14.5 Å². The summed E-state index contributed by atoms with van der Waals surface area (Å²) in [6.07, 6.45) is 2.87. The second-order valence-corrected chi connectivity index (χ2v) is 6.14. The molecule has 0 saturated carbocycles. The summed E-state index contributed by atoms with van der Waals surface area (Å²) < 4.78 is 26.8. The topological polar surface area (TPSA) is 23.6 Å². The smallest absolute Gasteiger partial charge is 0.188 e. The highest BCUT2D eigenvalue weighted by Crippen LogP contribution is 2.17. The Morgan fingerprint density at radius 1 is 1.04 bits per heavy atom. The van der Waals surface area contributed by atoms with Gasteiger partial charge in [-0.05, 0) is 56.1 Å². The Kier molecular flexibility index (Phi) is 6.42. The molecule has 2 aromatic rings. The van der Waals surface area contributed by atoms with E-state index in [9.17, 15) is 13.6 Å². The molecular weight excluding hydrogens is 322 g/mol. The number of carbonyl (C=O) groups is 1. The van der Waals surface area contributed by atoms with Gasteiger partial charge in [-0.15, -0.1) is 0 Å². The number of nitrogens with zero attached hydrogens (tertiary/aromatic N) is 2. The van der Waals surface area contributed by atoms with E-state index in [1.54, 1.807) is 6.08 Å². The maximum atomic E-state index is 13.6. The van der Waals surface area contributed by atoms with Crippen molar-refractivity contribution in [3.8, 4) is 0 Å². The lowest BCUT2D eigenvalue weighted by molar-refractivity contribution is 0.104. The van der Waals surface area contributed by atoms with Crippen LogP contribution >= 0.6 is 0 Å². The average Bonchev–Trinajstić information content (AvgIpc) is 2.59. The third-order valence-corrected chi connectivity index (χ3v) is 3.81. The van der Waals surface area contributed by atoms with Crippen molar-refractivity contribution in [2.24, 2.45) is 0 Å². The highest BCUT2D eigenvalue weighted by molar-refractivity contribution is 6.07. The van der Waals surface area contributed by atoms with Crippen molar-refractivity contribution in [3.05, 3.63) is 71.3 Å². The SMILES string of the molecule is CN(C)CCN(C)c1cccc(/C=C/C(=O)c2cc(F)ccc2F)c1. The Labute approximate surface area is 147 Å². The molecule has 2 aromatic carbocycles. The van der Waals surface area contributed by atoms with Crippen LogP contribution in [0, 0.1) is 11.6 Å². The molecule has 2 rings (SSSR count). The van der Waals surface area contributed by atoms with Gasteiger partial charge >= 0.3 is 0 Å². The van der Waals surface area contributed by atoms with E-state index in [0.29, 0.717) is 0 Å². The first-order chi connectivity index (χ1) is 11.9. The van der Waals surface area contributed by atoms with E-state index in [4.69, 9.17) is 0 Å². The molecule has 0 saturated heterocycles. The van der Waals surface area contributed by atoms with Crippen molar-refractivity contribution in [2.45, 2.75) is 0 Å². The summed E-state index contributed by atoms with van der Waals surface area (Å²) in [6.45, 7) is 1.79. The zero-order chi connectivity index (χ0) is 18.4. The zero-order valence-corrected chi connectivity index (χ0v) is 14.7. The molecule has 0 atom stereocenters. The average molecular weight is 344 g/mol. The lowest BCUT2D eigenvalue weighted by Gasteiger charge is -2.21. The van der Waals surface area contributed by atoms with Crippen molar-refractivity contribution >= 4 is 17.5 Å². The standard InChI is InChI=1S/C20H22F2N2O/c1-23(2)11-12-24(3)17-6-4-5-15(13-17)7-10-20(25)18-14-16(21)8-9-19(18)22/h4-10,13-14H,11-12H2,1-3H3/b10-7+. The number of hydrogen-bond acceptors (Lipinski definition) is 3. The van der Waals surface area contributed by atoms with Gasteiger partial charge < -0.3 is 9.80 Å². The predicted molar refractivity (Wildman–Crippen MR) is 98.0 cm³/mol. The highest BCUT2D eigenvalue weighted by Gasteiger charge is 2.10. The van der Waals surface area contributed by atoms with Crippen LogP contribution in [0.2, 0.25) is 0 Å². The molecule has 0 aliphatic rings. The van der Waals surface area contributed by atoms with Gasteiger partial charge in [0.1, 0.15) is 11.6 Å². The third kappa shape index (κ3) is 5.50. The van der Waals surface area contributed by atoms with E-state index >= 15 is 0 Å². The minimum absolute atomic E-state index is 0.268. The number of carbonyl (C=O) groups excluding carboxylic acids is 1. The Morgan fingerprint density at radius 2 is 1.80 bits per heavy atom. The van der Waals surface area contributed by atoms with E-state index in [1.165, 1.54) is 6.08 Å². The summed E-state index contributed by atoms with van der Waals surface area (Å²) in [5.74, 6) is -1.93. The first-order valence-electron chi connectivity index (χ1n) is 8.00. The van der Waals surface area contributed by atoms with Crippen molar-refractivity contribution in [2.75, 3.05) is 39.1 Å². The minimum atomic E-state index is -0.729. The van der Waals surface area contributed by atoms with Gasteiger partial charge in [0, 0.05) is 25.8 Å². The number of hydrogen-bond donors (Lipinski definition) is 0. The number of likely N-dealkylation sites (N-methyl/N-ethyl adjacent to an activating group) is 2. The first kappa shape index (κ1) is 18.8. The van der Waals surface area contributed by atoms with Crippen LogP contribution in [0.5, 0.6) is 0 Å². The number of ketones is 1. The van der Waals surface area contributed by atoms with Gasteiger partial charge in [0.15, 0.2) is 5.78 Å². The van der Waals surface area contributed by atoms with E-state index in [2.05, 4.69) is 9.80 Å². The largest absolute Gasteiger partial charge is 0.373 e. The Hall–Kier alpha value is -2.53.